The van der Waals surface area contributed by atoms with Gasteiger partial charge in [-0.2, -0.15) is 0 Å². The topological polar surface area (TPSA) is 55.7 Å². The van der Waals surface area contributed by atoms with Crippen LogP contribution in [0.4, 0.5) is 5.82 Å². The molecule has 2 aliphatic heterocycles. The Morgan fingerprint density at radius 3 is 2.20 bits per heavy atom. The van der Waals surface area contributed by atoms with Gasteiger partial charge in [0, 0.05) is 51.0 Å². The smallest absolute Gasteiger partial charge is 0.132 e. The van der Waals surface area contributed by atoms with E-state index in [2.05, 4.69) is 37.7 Å². The van der Waals surface area contributed by atoms with E-state index in [1.54, 1.807) is 0 Å². The number of aliphatic hydroxyl groups excluding tert-OH is 1. The molecule has 1 aromatic rings. The normalized spacial score (nSPS) is 22.3. The summed E-state index contributed by atoms with van der Waals surface area (Å²) in [6, 6.07) is 2.06. The molecule has 2 fully saturated rings. The molecule has 140 valence electrons. The van der Waals surface area contributed by atoms with Gasteiger partial charge in [0.05, 0.1) is 6.10 Å². The first-order valence-corrected chi connectivity index (χ1v) is 9.69. The van der Waals surface area contributed by atoms with Gasteiger partial charge in [0.2, 0.25) is 0 Å². The molecule has 0 bridgehead atoms. The van der Waals surface area contributed by atoms with Gasteiger partial charge >= 0.3 is 0 Å². The third kappa shape index (κ3) is 5.36. The predicted octanol–water partition coefficient (Wildman–Crippen LogP) is 1.31. The summed E-state index contributed by atoms with van der Waals surface area (Å²) >= 11 is 0. The average Bonchev–Trinajstić information content (AvgIpc) is 2.57. The Balaban J connectivity index is 1.43. The zero-order valence-electron chi connectivity index (χ0n) is 16.0. The largest absolute Gasteiger partial charge is 0.390 e. The number of piperazine rings is 1. The summed E-state index contributed by atoms with van der Waals surface area (Å²) in [4.78, 5) is 16.1. The number of hydrogen-bond donors (Lipinski definition) is 1. The highest BCUT2D eigenvalue weighted by atomic mass is 16.3. The van der Waals surface area contributed by atoms with Crippen LogP contribution in [0.3, 0.4) is 0 Å². The van der Waals surface area contributed by atoms with Crippen molar-refractivity contribution < 1.29 is 5.11 Å². The quantitative estimate of drug-likeness (QED) is 0.867. The summed E-state index contributed by atoms with van der Waals surface area (Å²) in [5.74, 6) is 2.71. The highest BCUT2D eigenvalue weighted by Crippen LogP contribution is 2.17. The Morgan fingerprint density at radius 1 is 1.00 bits per heavy atom. The van der Waals surface area contributed by atoms with Gasteiger partial charge in [-0.25, -0.2) is 9.97 Å². The first-order chi connectivity index (χ1) is 12.0. The summed E-state index contributed by atoms with van der Waals surface area (Å²) in [6.07, 6.45) is 2.29. The lowest BCUT2D eigenvalue weighted by Crippen LogP contribution is -2.50. The molecule has 0 aromatic carbocycles. The number of piperidine rings is 1. The van der Waals surface area contributed by atoms with Gasteiger partial charge in [0.1, 0.15) is 11.6 Å². The van der Waals surface area contributed by atoms with Crippen LogP contribution in [0.1, 0.15) is 31.3 Å². The summed E-state index contributed by atoms with van der Waals surface area (Å²) < 4.78 is 0. The van der Waals surface area contributed by atoms with Crippen LogP contribution < -0.4 is 4.90 Å². The molecule has 1 aromatic heterocycles. The molecule has 2 aliphatic rings. The van der Waals surface area contributed by atoms with E-state index in [9.17, 15) is 5.11 Å². The number of likely N-dealkylation sites (tertiary alicyclic amines) is 1. The second-order valence-electron chi connectivity index (χ2n) is 7.84. The van der Waals surface area contributed by atoms with Crippen LogP contribution in [-0.2, 0) is 0 Å². The monoisotopic (exact) mass is 347 g/mol. The van der Waals surface area contributed by atoms with Crippen molar-refractivity contribution >= 4 is 5.82 Å². The van der Waals surface area contributed by atoms with E-state index in [1.807, 2.05) is 13.8 Å². The SMILES string of the molecule is Cc1cc(N2CCN(CC(O)CN3CCC(C)CC3)CC2)nc(C)n1. The predicted molar refractivity (Wildman–Crippen MR) is 101 cm³/mol. The first kappa shape index (κ1) is 18.5. The lowest BCUT2D eigenvalue weighted by molar-refractivity contribution is 0.0597. The van der Waals surface area contributed by atoms with Crippen LogP contribution in [0.5, 0.6) is 0 Å². The molecule has 3 rings (SSSR count). The van der Waals surface area contributed by atoms with E-state index in [1.165, 1.54) is 12.8 Å². The minimum Gasteiger partial charge on any atom is -0.390 e. The van der Waals surface area contributed by atoms with E-state index < -0.39 is 0 Å². The Morgan fingerprint density at radius 2 is 1.60 bits per heavy atom. The fraction of sp³-hybridized carbons (Fsp3) is 0.789. The molecular weight excluding hydrogens is 314 g/mol. The van der Waals surface area contributed by atoms with Crippen molar-refractivity contribution in [1.29, 1.82) is 0 Å². The minimum absolute atomic E-state index is 0.247. The molecule has 6 nitrogen and oxygen atoms in total. The minimum atomic E-state index is -0.247. The fourth-order valence-electron chi connectivity index (χ4n) is 3.92. The number of nitrogens with zero attached hydrogens (tertiary/aromatic N) is 5. The van der Waals surface area contributed by atoms with E-state index in [-0.39, 0.29) is 6.10 Å². The molecule has 0 spiro atoms. The van der Waals surface area contributed by atoms with Gasteiger partial charge < -0.3 is 14.9 Å². The van der Waals surface area contributed by atoms with Crippen molar-refractivity contribution in [2.45, 2.75) is 39.7 Å². The standard InChI is InChI=1S/C19H33N5O/c1-15-4-6-22(7-5-15)13-18(25)14-23-8-10-24(11-9-23)19-12-16(2)20-17(3)21-19/h12,15,18,25H,4-11,13-14H2,1-3H3. The molecule has 0 aliphatic carbocycles. The van der Waals surface area contributed by atoms with Gasteiger partial charge in [-0.15, -0.1) is 0 Å². The molecule has 1 N–H and O–H groups in total. The third-order valence-electron chi connectivity index (χ3n) is 5.46. The lowest BCUT2D eigenvalue weighted by atomic mass is 9.99. The van der Waals surface area contributed by atoms with E-state index >= 15 is 0 Å². The third-order valence-corrected chi connectivity index (χ3v) is 5.46. The summed E-state index contributed by atoms with van der Waals surface area (Å²) in [7, 11) is 0. The Labute approximate surface area is 151 Å². The second kappa shape index (κ2) is 8.43. The highest BCUT2D eigenvalue weighted by Gasteiger charge is 2.23. The number of aryl methyl sites for hydroxylation is 2. The van der Waals surface area contributed by atoms with Crippen LogP contribution in [-0.4, -0.2) is 83.3 Å². The Kier molecular flexibility index (Phi) is 6.25. The van der Waals surface area contributed by atoms with Gasteiger partial charge in [-0.1, -0.05) is 6.92 Å². The molecule has 0 amide bonds. The number of anilines is 1. The van der Waals surface area contributed by atoms with Crippen molar-refractivity contribution in [3.8, 4) is 0 Å². The van der Waals surface area contributed by atoms with Crippen molar-refractivity contribution in [2.24, 2.45) is 5.92 Å². The van der Waals surface area contributed by atoms with Crippen LogP contribution in [0.25, 0.3) is 0 Å². The summed E-state index contributed by atoms with van der Waals surface area (Å²) in [5.41, 5.74) is 1.02. The maximum atomic E-state index is 10.5. The van der Waals surface area contributed by atoms with Crippen molar-refractivity contribution in [3.63, 3.8) is 0 Å². The number of rotatable bonds is 5. The molecule has 2 saturated heterocycles. The number of aromatic nitrogens is 2. The molecule has 1 atom stereocenters. The summed E-state index contributed by atoms with van der Waals surface area (Å²) in [5, 5.41) is 10.5. The van der Waals surface area contributed by atoms with Gasteiger partial charge in [0.25, 0.3) is 0 Å². The zero-order valence-corrected chi connectivity index (χ0v) is 16.0. The molecular formula is C19H33N5O. The highest BCUT2D eigenvalue weighted by molar-refractivity contribution is 5.40. The first-order valence-electron chi connectivity index (χ1n) is 9.69. The van der Waals surface area contributed by atoms with Gasteiger partial charge in [-0.3, -0.25) is 4.90 Å². The second-order valence-corrected chi connectivity index (χ2v) is 7.84. The zero-order chi connectivity index (χ0) is 17.8. The number of β-amino-alcohol motifs (C(OH)–C–C–N with tert-alkyl or cyclic N) is 1. The van der Waals surface area contributed by atoms with E-state index in [4.69, 9.17) is 0 Å². The van der Waals surface area contributed by atoms with Crippen LogP contribution in [0.2, 0.25) is 0 Å². The van der Waals surface area contributed by atoms with Crippen molar-refractivity contribution in [2.75, 3.05) is 57.3 Å². The molecule has 3 heterocycles. The van der Waals surface area contributed by atoms with Crippen LogP contribution in [0, 0.1) is 19.8 Å². The Hall–Kier alpha value is -1.24. The van der Waals surface area contributed by atoms with Crippen molar-refractivity contribution in [3.05, 3.63) is 17.6 Å². The van der Waals surface area contributed by atoms with Gasteiger partial charge in [-0.05, 0) is 45.7 Å². The van der Waals surface area contributed by atoms with E-state index in [0.717, 1.165) is 75.6 Å². The van der Waals surface area contributed by atoms with E-state index in [0.29, 0.717) is 0 Å². The lowest BCUT2D eigenvalue weighted by Gasteiger charge is -2.37. The summed E-state index contributed by atoms with van der Waals surface area (Å²) in [6.45, 7) is 14.1. The maximum absolute atomic E-state index is 10.5. The van der Waals surface area contributed by atoms with Crippen molar-refractivity contribution in [1.82, 2.24) is 19.8 Å². The number of hydrogen-bond acceptors (Lipinski definition) is 6. The molecule has 0 saturated carbocycles. The molecule has 1 unspecified atom stereocenters. The Bertz CT molecular complexity index is 530. The average molecular weight is 348 g/mol. The van der Waals surface area contributed by atoms with Gasteiger partial charge in [0.15, 0.2) is 0 Å². The van der Waals surface area contributed by atoms with Crippen LogP contribution in [0.15, 0.2) is 6.07 Å². The molecule has 0 radical (unpaired) electrons. The molecule has 6 heteroatoms. The maximum Gasteiger partial charge on any atom is 0.132 e. The fourth-order valence-corrected chi connectivity index (χ4v) is 3.92. The molecule has 25 heavy (non-hydrogen) atoms. The number of aliphatic hydroxyl groups is 1. The van der Waals surface area contributed by atoms with Crippen LogP contribution >= 0.6 is 0 Å².